The molecule has 0 bridgehead atoms. The summed E-state index contributed by atoms with van der Waals surface area (Å²) >= 11 is 0. The van der Waals surface area contributed by atoms with Crippen molar-refractivity contribution in [2.75, 3.05) is 17.2 Å². The van der Waals surface area contributed by atoms with E-state index in [0.717, 1.165) is 18.4 Å². The summed E-state index contributed by atoms with van der Waals surface area (Å²) in [7, 11) is 0. The predicted molar refractivity (Wildman–Crippen MR) is 84.3 cm³/mol. The van der Waals surface area contributed by atoms with E-state index in [1.165, 1.54) is 6.33 Å². The van der Waals surface area contributed by atoms with Gasteiger partial charge in [-0.3, -0.25) is 10.1 Å². The van der Waals surface area contributed by atoms with Crippen LogP contribution >= 0.6 is 0 Å². The molecule has 0 fully saturated rings. The summed E-state index contributed by atoms with van der Waals surface area (Å²) in [4.78, 5) is 22.9. The number of unbranched alkanes of at least 4 members (excludes halogenated alkanes) is 1. The SMILES string of the molecule is CCCCNc1ncnc(Nc2cc(C)ccn2)c1[N+](=O)[O-]. The van der Waals surface area contributed by atoms with Crippen molar-refractivity contribution >= 4 is 23.1 Å². The maximum absolute atomic E-state index is 11.4. The number of anilines is 3. The number of aryl methyl sites for hydroxylation is 1. The van der Waals surface area contributed by atoms with Crippen LogP contribution in [0.3, 0.4) is 0 Å². The van der Waals surface area contributed by atoms with E-state index in [1.807, 2.05) is 19.9 Å². The highest BCUT2D eigenvalue weighted by molar-refractivity contribution is 5.72. The Morgan fingerprint density at radius 2 is 2.05 bits per heavy atom. The predicted octanol–water partition coefficient (Wildman–Crippen LogP) is 3.04. The Balaban J connectivity index is 2.30. The van der Waals surface area contributed by atoms with Gasteiger partial charge < -0.3 is 10.6 Å². The van der Waals surface area contributed by atoms with Crippen LogP contribution < -0.4 is 10.6 Å². The van der Waals surface area contributed by atoms with Crippen LogP contribution in [0.4, 0.5) is 23.1 Å². The van der Waals surface area contributed by atoms with Gasteiger partial charge in [-0.1, -0.05) is 13.3 Å². The van der Waals surface area contributed by atoms with Crippen molar-refractivity contribution < 1.29 is 4.92 Å². The van der Waals surface area contributed by atoms with Crippen LogP contribution in [0, 0.1) is 17.0 Å². The minimum Gasteiger partial charge on any atom is -0.364 e. The zero-order valence-electron chi connectivity index (χ0n) is 12.5. The standard InChI is InChI=1S/C14H18N6O2/c1-3-4-6-16-13-12(20(21)22)14(18-9-17-13)19-11-8-10(2)5-7-15-11/h5,7-9H,3-4,6H2,1-2H3,(H2,15,16,17,18,19). The summed E-state index contributed by atoms with van der Waals surface area (Å²) < 4.78 is 0. The first kappa shape index (κ1) is 15.6. The quantitative estimate of drug-likeness (QED) is 0.460. The van der Waals surface area contributed by atoms with Crippen molar-refractivity contribution in [1.82, 2.24) is 15.0 Å². The van der Waals surface area contributed by atoms with Gasteiger partial charge in [0.1, 0.15) is 12.1 Å². The summed E-state index contributed by atoms with van der Waals surface area (Å²) in [6.45, 7) is 4.59. The van der Waals surface area contributed by atoms with Crippen LogP contribution in [0.25, 0.3) is 0 Å². The first-order chi connectivity index (χ1) is 10.6. The minimum absolute atomic E-state index is 0.122. The molecule has 8 heteroatoms. The molecule has 0 aliphatic carbocycles. The molecule has 22 heavy (non-hydrogen) atoms. The lowest BCUT2D eigenvalue weighted by Crippen LogP contribution is -2.09. The zero-order chi connectivity index (χ0) is 15.9. The van der Waals surface area contributed by atoms with Gasteiger partial charge in [0.25, 0.3) is 0 Å². The number of rotatable bonds is 7. The van der Waals surface area contributed by atoms with Crippen molar-refractivity contribution in [2.45, 2.75) is 26.7 Å². The molecule has 2 aromatic heterocycles. The molecule has 0 amide bonds. The fourth-order valence-electron chi connectivity index (χ4n) is 1.88. The van der Waals surface area contributed by atoms with Crippen molar-refractivity contribution in [3.63, 3.8) is 0 Å². The molecule has 0 aliphatic heterocycles. The van der Waals surface area contributed by atoms with Crippen LogP contribution in [-0.2, 0) is 0 Å². The molecule has 2 aromatic rings. The normalized spacial score (nSPS) is 10.3. The largest absolute Gasteiger partial charge is 0.364 e. The lowest BCUT2D eigenvalue weighted by atomic mass is 10.3. The molecule has 8 nitrogen and oxygen atoms in total. The van der Waals surface area contributed by atoms with Crippen molar-refractivity contribution in [3.8, 4) is 0 Å². The second-order valence-electron chi connectivity index (χ2n) is 4.80. The van der Waals surface area contributed by atoms with Crippen LogP contribution in [0.5, 0.6) is 0 Å². The number of hydrogen-bond donors (Lipinski definition) is 2. The Morgan fingerprint density at radius 1 is 1.27 bits per heavy atom. The average Bonchev–Trinajstić information content (AvgIpc) is 2.47. The molecule has 2 rings (SSSR count). The van der Waals surface area contributed by atoms with Crippen LogP contribution in [0.2, 0.25) is 0 Å². The first-order valence-electron chi connectivity index (χ1n) is 7.04. The van der Waals surface area contributed by atoms with E-state index < -0.39 is 4.92 Å². The van der Waals surface area contributed by atoms with E-state index in [9.17, 15) is 10.1 Å². The number of aromatic nitrogens is 3. The molecule has 2 heterocycles. The maximum Gasteiger partial charge on any atom is 0.353 e. The fraction of sp³-hybridized carbons (Fsp3) is 0.357. The van der Waals surface area contributed by atoms with E-state index in [0.29, 0.717) is 12.4 Å². The average molecular weight is 302 g/mol. The van der Waals surface area contributed by atoms with E-state index in [1.54, 1.807) is 12.3 Å². The highest BCUT2D eigenvalue weighted by Gasteiger charge is 2.23. The third kappa shape index (κ3) is 3.87. The zero-order valence-corrected chi connectivity index (χ0v) is 12.5. The molecule has 0 spiro atoms. The highest BCUT2D eigenvalue weighted by Crippen LogP contribution is 2.30. The summed E-state index contributed by atoms with van der Waals surface area (Å²) in [5.41, 5.74) is 0.817. The Kier molecular flexibility index (Phi) is 5.18. The molecular weight excluding hydrogens is 284 g/mol. The molecule has 0 saturated heterocycles. The fourth-order valence-corrected chi connectivity index (χ4v) is 1.88. The number of hydrogen-bond acceptors (Lipinski definition) is 7. The van der Waals surface area contributed by atoms with Gasteiger partial charge in [0.15, 0.2) is 0 Å². The molecule has 0 radical (unpaired) electrons. The van der Waals surface area contributed by atoms with Gasteiger partial charge in [0.05, 0.1) is 4.92 Å². The topological polar surface area (TPSA) is 106 Å². The van der Waals surface area contributed by atoms with Crippen LogP contribution in [0.15, 0.2) is 24.7 Å². The van der Waals surface area contributed by atoms with Crippen LogP contribution in [-0.4, -0.2) is 26.4 Å². The van der Waals surface area contributed by atoms with Crippen molar-refractivity contribution in [1.29, 1.82) is 0 Å². The smallest absolute Gasteiger partial charge is 0.353 e. The van der Waals surface area contributed by atoms with E-state index in [-0.39, 0.29) is 17.3 Å². The van der Waals surface area contributed by atoms with Gasteiger partial charge in [0, 0.05) is 12.7 Å². The summed E-state index contributed by atoms with van der Waals surface area (Å²) in [5.74, 6) is 0.835. The number of pyridine rings is 1. The minimum atomic E-state index is -0.494. The molecule has 2 N–H and O–H groups in total. The Hall–Kier alpha value is -2.77. The Bertz CT molecular complexity index is 662. The summed E-state index contributed by atoms with van der Waals surface area (Å²) in [5, 5.41) is 17.2. The number of nitro groups is 1. The van der Waals surface area contributed by atoms with Gasteiger partial charge >= 0.3 is 5.69 Å². The van der Waals surface area contributed by atoms with Gasteiger partial charge in [-0.2, -0.15) is 0 Å². The lowest BCUT2D eigenvalue weighted by molar-refractivity contribution is -0.383. The molecule has 0 saturated carbocycles. The Morgan fingerprint density at radius 3 is 2.73 bits per heavy atom. The molecule has 0 atom stereocenters. The third-order valence-electron chi connectivity index (χ3n) is 2.99. The maximum atomic E-state index is 11.4. The highest BCUT2D eigenvalue weighted by atomic mass is 16.6. The summed E-state index contributed by atoms with van der Waals surface area (Å²) in [6, 6.07) is 3.63. The van der Waals surface area contributed by atoms with Gasteiger partial charge in [-0.15, -0.1) is 0 Å². The molecular formula is C14H18N6O2. The van der Waals surface area contributed by atoms with E-state index in [2.05, 4.69) is 25.6 Å². The van der Waals surface area contributed by atoms with Crippen molar-refractivity contribution in [2.24, 2.45) is 0 Å². The van der Waals surface area contributed by atoms with E-state index in [4.69, 9.17) is 0 Å². The van der Waals surface area contributed by atoms with Gasteiger partial charge in [0.2, 0.25) is 11.6 Å². The molecule has 116 valence electrons. The third-order valence-corrected chi connectivity index (χ3v) is 2.99. The number of nitrogens with zero attached hydrogens (tertiary/aromatic N) is 4. The molecule has 0 aliphatic rings. The first-order valence-corrected chi connectivity index (χ1v) is 7.04. The summed E-state index contributed by atoms with van der Waals surface area (Å²) in [6.07, 6.45) is 4.82. The number of nitrogens with one attached hydrogen (secondary N) is 2. The molecule has 0 unspecified atom stereocenters. The lowest BCUT2D eigenvalue weighted by Gasteiger charge is -2.09. The van der Waals surface area contributed by atoms with Crippen molar-refractivity contribution in [3.05, 3.63) is 40.3 Å². The molecule has 0 aromatic carbocycles. The second kappa shape index (κ2) is 7.30. The van der Waals surface area contributed by atoms with Crippen LogP contribution in [0.1, 0.15) is 25.3 Å². The van der Waals surface area contributed by atoms with Gasteiger partial charge in [-0.25, -0.2) is 15.0 Å². The monoisotopic (exact) mass is 302 g/mol. The Labute approximate surface area is 128 Å². The van der Waals surface area contributed by atoms with E-state index >= 15 is 0 Å². The second-order valence-corrected chi connectivity index (χ2v) is 4.80. The van der Waals surface area contributed by atoms with Gasteiger partial charge in [-0.05, 0) is 31.0 Å².